The van der Waals surface area contributed by atoms with Crippen LogP contribution in [0.1, 0.15) is 30.4 Å². The average molecular weight is 354 g/mol. The normalized spacial score (nSPS) is 11.4. The minimum Gasteiger partial charge on any atom is -0.481 e. The first kappa shape index (κ1) is 19.2. The fraction of sp³-hybridized carbons (Fsp3) is 0.250. The Balaban J connectivity index is 1.73. The quantitative estimate of drug-likeness (QED) is 0.679. The molecular formula is C20H22N2O4. The zero-order valence-electron chi connectivity index (χ0n) is 14.6. The third-order valence-electron chi connectivity index (χ3n) is 3.95. The summed E-state index contributed by atoms with van der Waals surface area (Å²) in [4.78, 5) is 34.7. The summed E-state index contributed by atoms with van der Waals surface area (Å²) in [5.41, 5.74) is 2.18. The second kappa shape index (κ2) is 9.36. The summed E-state index contributed by atoms with van der Waals surface area (Å²) in [6.45, 7) is 1.86. The molecular weight excluding hydrogens is 332 g/mol. The molecule has 0 aliphatic heterocycles. The van der Waals surface area contributed by atoms with Crippen LogP contribution in [0.25, 0.3) is 0 Å². The van der Waals surface area contributed by atoms with Crippen LogP contribution in [-0.2, 0) is 20.8 Å². The first-order valence-corrected chi connectivity index (χ1v) is 8.39. The molecule has 0 aromatic heterocycles. The van der Waals surface area contributed by atoms with E-state index < -0.39 is 11.9 Å². The maximum atomic E-state index is 11.9. The van der Waals surface area contributed by atoms with Crippen molar-refractivity contribution in [3.05, 3.63) is 65.7 Å². The SMILES string of the molecule is CC(C(=O)O)c1ccc(NC(=O)CCNC(=O)Cc2ccccc2)cc1. The summed E-state index contributed by atoms with van der Waals surface area (Å²) in [7, 11) is 0. The zero-order chi connectivity index (χ0) is 18.9. The highest BCUT2D eigenvalue weighted by atomic mass is 16.4. The van der Waals surface area contributed by atoms with Crippen molar-refractivity contribution in [1.82, 2.24) is 5.32 Å². The number of amides is 2. The number of benzene rings is 2. The van der Waals surface area contributed by atoms with E-state index in [1.807, 2.05) is 30.3 Å². The largest absolute Gasteiger partial charge is 0.481 e. The maximum absolute atomic E-state index is 11.9. The first-order valence-electron chi connectivity index (χ1n) is 8.39. The Hall–Kier alpha value is -3.15. The van der Waals surface area contributed by atoms with Gasteiger partial charge < -0.3 is 15.7 Å². The van der Waals surface area contributed by atoms with Crippen LogP contribution in [0.3, 0.4) is 0 Å². The fourth-order valence-electron chi connectivity index (χ4n) is 2.38. The van der Waals surface area contributed by atoms with Crippen molar-refractivity contribution in [1.29, 1.82) is 0 Å². The topological polar surface area (TPSA) is 95.5 Å². The van der Waals surface area contributed by atoms with E-state index >= 15 is 0 Å². The number of rotatable bonds is 8. The highest BCUT2D eigenvalue weighted by Crippen LogP contribution is 2.18. The van der Waals surface area contributed by atoms with Crippen LogP contribution in [0.4, 0.5) is 5.69 Å². The third kappa shape index (κ3) is 6.05. The molecule has 1 atom stereocenters. The van der Waals surface area contributed by atoms with Crippen molar-refractivity contribution < 1.29 is 19.5 Å². The smallest absolute Gasteiger partial charge is 0.310 e. The van der Waals surface area contributed by atoms with Crippen LogP contribution in [-0.4, -0.2) is 29.4 Å². The lowest BCUT2D eigenvalue weighted by Crippen LogP contribution is -2.28. The van der Waals surface area contributed by atoms with E-state index in [4.69, 9.17) is 5.11 Å². The van der Waals surface area contributed by atoms with Crippen LogP contribution < -0.4 is 10.6 Å². The number of anilines is 1. The van der Waals surface area contributed by atoms with Crippen molar-refractivity contribution in [3.8, 4) is 0 Å². The molecule has 1 unspecified atom stereocenters. The molecule has 2 aromatic rings. The molecule has 0 aliphatic carbocycles. The number of nitrogens with one attached hydrogen (secondary N) is 2. The Bertz CT molecular complexity index is 757. The summed E-state index contributed by atoms with van der Waals surface area (Å²) in [5, 5.41) is 14.4. The van der Waals surface area contributed by atoms with Crippen LogP contribution in [0.15, 0.2) is 54.6 Å². The number of carboxylic acid groups (broad SMARTS) is 1. The van der Waals surface area contributed by atoms with Crippen LogP contribution >= 0.6 is 0 Å². The van der Waals surface area contributed by atoms with E-state index in [2.05, 4.69) is 10.6 Å². The Morgan fingerprint density at radius 2 is 1.62 bits per heavy atom. The lowest BCUT2D eigenvalue weighted by atomic mass is 10.0. The van der Waals surface area contributed by atoms with Gasteiger partial charge in [-0.15, -0.1) is 0 Å². The lowest BCUT2D eigenvalue weighted by Gasteiger charge is -2.09. The van der Waals surface area contributed by atoms with Gasteiger partial charge in [0, 0.05) is 18.7 Å². The van der Waals surface area contributed by atoms with Crippen LogP contribution in [0.5, 0.6) is 0 Å². The molecule has 2 aromatic carbocycles. The average Bonchev–Trinajstić information content (AvgIpc) is 2.62. The zero-order valence-corrected chi connectivity index (χ0v) is 14.6. The Kier molecular flexibility index (Phi) is 6.91. The molecule has 2 rings (SSSR count). The minimum absolute atomic E-state index is 0.129. The summed E-state index contributed by atoms with van der Waals surface area (Å²) >= 11 is 0. The molecule has 0 heterocycles. The molecule has 0 saturated carbocycles. The lowest BCUT2D eigenvalue weighted by molar-refractivity contribution is -0.138. The van der Waals surface area contributed by atoms with E-state index in [1.165, 1.54) is 0 Å². The van der Waals surface area contributed by atoms with Crippen molar-refractivity contribution in [3.63, 3.8) is 0 Å². The maximum Gasteiger partial charge on any atom is 0.310 e. The van der Waals surface area contributed by atoms with Crippen molar-refractivity contribution in [2.75, 3.05) is 11.9 Å². The van der Waals surface area contributed by atoms with E-state index in [0.29, 0.717) is 11.3 Å². The summed E-state index contributed by atoms with van der Waals surface area (Å²) < 4.78 is 0. The number of hydrogen-bond donors (Lipinski definition) is 3. The molecule has 0 bridgehead atoms. The summed E-state index contributed by atoms with van der Waals surface area (Å²) in [5.74, 6) is -1.84. The molecule has 0 spiro atoms. The highest BCUT2D eigenvalue weighted by molar-refractivity contribution is 5.91. The van der Waals surface area contributed by atoms with E-state index in [1.54, 1.807) is 31.2 Å². The Morgan fingerprint density at radius 1 is 0.962 bits per heavy atom. The molecule has 3 N–H and O–H groups in total. The van der Waals surface area contributed by atoms with E-state index in [0.717, 1.165) is 5.56 Å². The molecule has 6 nitrogen and oxygen atoms in total. The monoisotopic (exact) mass is 354 g/mol. The second-order valence-electron chi connectivity index (χ2n) is 5.99. The van der Waals surface area contributed by atoms with Gasteiger partial charge in [-0.1, -0.05) is 42.5 Å². The number of aliphatic carboxylic acids is 1. The fourth-order valence-corrected chi connectivity index (χ4v) is 2.38. The molecule has 0 fully saturated rings. The number of hydrogen-bond acceptors (Lipinski definition) is 3. The molecule has 6 heteroatoms. The van der Waals surface area contributed by atoms with Gasteiger partial charge in [0.15, 0.2) is 0 Å². The summed E-state index contributed by atoms with van der Waals surface area (Å²) in [6.07, 6.45) is 0.444. The van der Waals surface area contributed by atoms with Gasteiger partial charge in [0.2, 0.25) is 11.8 Å². The molecule has 2 amide bonds. The van der Waals surface area contributed by atoms with Gasteiger partial charge in [0.1, 0.15) is 0 Å². The predicted molar refractivity (Wildman–Crippen MR) is 98.9 cm³/mol. The first-order chi connectivity index (χ1) is 12.5. The Morgan fingerprint density at radius 3 is 2.23 bits per heavy atom. The van der Waals surface area contributed by atoms with Gasteiger partial charge >= 0.3 is 5.97 Å². The molecule has 0 radical (unpaired) electrons. The van der Waals surface area contributed by atoms with Gasteiger partial charge in [0.05, 0.1) is 12.3 Å². The van der Waals surface area contributed by atoms with Crippen molar-refractivity contribution in [2.45, 2.75) is 25.7 Å². The van der Waals surface area contributed by atoms with Crippen LogP contribution in [0, 0.1) is 0 Å². The van der Waals surface area contributed by atoms with Gasteiger partial charge in [-0.25, -0.2) is 0 Å². The van der Waals surface area contributed by atoms with E-state index in [-0.39, 0.29) is 31.2 Å². The highest BCUT2D eigenvalue weighted by Gasteiger charge is 2.13. The molecule has 26 heavy (non-hydrogen) atoms. The van der Waals surface area contributed by atoms with Gasteiger partial charge in [0.25, 0.3) is 0 Å². The number of carbonyl (C=O) groups is 3. The molecule has 0 saturated heterocycles. The number of carboxylic acids is 1. The van der Waals surface area contributed by atoms with Crippen molar-refractivity contribution in [2.24, 2.45) is 0 Å². The second-order valence-corrected chi connectivity index (χ2v) is 5.99. The Labute approximate surface area is 152 Å². The standard InChI is InChI=1S/C20H22N2O4/c1-14(20(25)26)16-7-9-17(10-8-16)22-18(23)11-12-21-19(24)13-15-5-3-2-4-6-15/h2-10,14H,11-13H2,1H3,(H,21,24)(H,22,23)(H,25,26). The third-order valence-corrected chi connectivity index (χ3v) is 3.95. The predicted octanol–water partition coefficient (Wildman–Crippen LogP) is 2.56. The summed E-state index contributed by atoms with van der Waals surface area (Å²) in [6, 6.07) is 16.1. The van der Waals surface area contributed by atoms with Gasteiger partial charge in [-0.2, -0.15) is 0 Å². The van der Waals surface area contributed by atoms with Crippen molar-refractivity contribution >= 4 is 23.5 Å². The minimum atomic E-state index is -0.895. The molecule has 136 valence electrons. The van der Waals surface area contributed by atoms with E-state index in [9.17, 15) is 14.4 Å². The van der Waals surface area contributed by atoms with Gasteiger partial charge in [-0.3, -0.25) is 14.4 Å². The number of carbonyl (C=O) groups excluding carboxylic acids is 2. The van der Waals surface area contributed by atoms with Gasteiger partial charge in [-0.05, 0) is 30.2 Å². The molecule has 0 aliphatic rings. The van der Waals surface area contributed by atoms with Crippen LogP contribution in [0.2, 0.25) is 0 Å².